The van der Waals surface area contributed by atoms with Crippen molar-refractivity contribution < 1.29 is 4.74 Å². The predicted octanol–water partition coefficient (Wildman–Crippen LogP) is 4.63. The summed E-state index contributed by atoms with van der Waals surface area (Å²) in [5.41, 5.74) is 1.41. The summed E-state index contributed by atoms with van der Waals surface area (Å²) in [5, 5.41) is 0. The van der Waals surface area contributed by atoms with Gasteiger partial charge in [-0.25, -0.2) is 0 Å². The molecule has 0 aromatic heterocycles. The Bertz CT molecular complexity index is 371. The predicted molar refractivity (Wildman–Crippen MR) is 81.2 cm³/mol. The molecule has 1 aromatic rings. The van der Waals surface area contributed by atoms with E-state index in [0.29, 0.717) is 17.9 Å². The molecule has 1 aromatic carbocycles. The third-order valence-corrected chi connectivity index (χ3v) is 4.20. The van der Waals surface area contributed by atoms with Crippen molar-refractivity contribution in [2.24, 2.45) is 11.8 Å². The monoisotopic (exact) mass is 258 g/mol. The molecule has 0 amide bonds. The van der Waals surface area contributed by atoms with Crippen molar-refractivity contribution in [1.82, 2.24) is 0 Å². The maximum atomic E-state index is 6.02. The lowest BCUT2D eigenvalue weighted by Gasteiger charge is -2.19. The Morgan fingerprint density at radius 2 is 2.05 bits per heavy atom. The van der Waals surface area contributed by atoms with E-state index in [-0.39, 0.29) is 0 Å². The second-order valence-electron chi connectivity index (χ2n) is 5.63. The van der Waals surface area contributed by atoms with Crippen LogP contribution in [0.5, 0.6) is 0 Å². The van der Waals surface area contributed by atoms with Crippen molar-refractivity contribution in [3.8, 4) is 0 Å². The van der Waals surface area contributed by atoms with Crippen molar-refractivity contribution in [2.75, 3.05) is 6.61 Å². The van der Waals surface area contributed by atoms with Gasteiger partial charge in [-0.15, -0.1) is 6.58 Å². The van der Waals surface area contributed by atoms with Crippen LogP contribution in [0.25, 0.3) is 0 Å². The van der Waals surface area contributed by atoms with Gasteiger partial charge < -0.3 is 4.74 Å². The number of ether oxygens (including phenoxy) is 1. The van der Waals surface area contributed by atoms with Gasteiger partial charge in [0.1, 0.15) is 0 Å². The number of hydrogen-bond acceptors (Lipinski definition) is 1. The molecule has 1 heterocycles. The highest BCUT2D eigenvalue weighted by Crippen LogP contribution is 2.33. The minimum Gasteiger partial charge on any atom is -0.377 e. The molecule has 0 radical (unpaired) electrons. The first-order chi connectivity index (χ1) is 9.35. The van der Waals surface area contributed by atoms with Gasteiger partial charge in [0.25, 0.3) is 0 Å². The summed E-state index contributed by atoms with van der Waals surface area (Å²) in [5.74, 6) is 1.13. The SMILES string of the molecule is C=C[C@H]1[C@H](Cc2ccccc2)CO[C@@H]1CCCCC. The average molecular weight is 258 g/mol. The highest BCUT2D eigenvalue weighted by atomic mass is 16.5. The van der Waals surface area contributed by atoms with Gasteiger partial charge in [-0.3, -0.25) is 0 Å². The van der Waals surface area contributed by atoms with Crippen LogP contribution < -0.4 is 0 Å². The zero-order chi connectivity index (χ0) is 13.5. The average Bonchev–Trinajstić information content (AvgIpc) is 2.82. The van der Waals surface area contributed by atoms with E-state index in [2.05, 4.69) is 49.9 Å². The maximum Gasteiger partial charge on any atom is 0.0641 e. The van der Waals surface area contributed by atoms with Crippen LogP contribution in [0.2, 0.25) is 0 Å². The first kappa shape index (κ1) is 14.3. The van der Waals surface area contributed by atoms with Gasteiger partial charge in [0.05, 0.1) is 12.7 Å². The van der Waals surface area contributed by atoms with Crippen molar-refractivity contribution in [2.45, 2.75) is 45.1 Å². The van der Waals surface area contributed by atoms with Gasteiger partial charge in [0.2, 0.25) is 0 Å². The number of rotatable bonds is 7. The summed E-state index contributed by atoms with van der Waals surface area (Å²) in [6, 6.07) is 10.7. The smallest absolute Gasteiger partial charge is 0.0641 e. The molecular formula is C18H26O. The van der Waals surface area contributed by atoms with Crippen LogP contribution >= 0.6 is 0 Å². The summed E-state index contributed by atoms with van der Waals surface area (Å²) in [4.78, 5) is 0. The lowest BCUT2D eigenvalue weighted by Crippen LogP contribution is -2.19. The fourth-order valence-corrected chi connectivity index (χ4v) is 3.10. The molecular weight excluding hydrogens is 232 g/mol. The van der Waals surface area contributed by atoms with Gasteiger partial charge in [-0.1, -0.05) is 62.6 Å². The molecule has 1 heteroatoms. The highest BCUT2D eigenvalue weighted by Gasteiger charge is 2.34. The van der Waals surface area contributed by atoms with Crippen LogP contribution in [0.1, 0.15) is 38.2 Å². The highest BCUT2D eigenvalue weighted by molar-refractivity contribution is 5.16. The molecule has 3 atom stereocenters. The quantitative estimate of drug-likeness (QED) is 0.512. The lowest BCUT2D eigenvalue weighted by molar-refractivity contribution is 0.0883. The van der Waals surface area contributed by atoms with E-state index >= 15 is 0 Å². The number of unbranched alkanes of at least 4 members (excludes halogenated alkanes) is 2. The fourth-order valence-electron chi connectivity index (χ4n) is 3.10. The molecule has 104 valence electrons. The molecule has 0 saturated carbocycles. The summed E-state index contributed by atoms with van der Waals surface area (Å²) in [6.45, 7) is 7.17. The summed E-state index contributed by atoms with van der Waals surface area (Å²) < 4.78 is 6.02. The van der Waals surface area contributed by atoms with Crippen LogP contribution in [-0.2, 0) is 11.2 Å². The Balaban J connectivity index is 1.90. The Kier molecular flexibility index (Phi) is 5.65. The lowest BCUT2D eigenvalue weighted by atomic mass is 9.84. The largest absolute Gasteiger partial charge is 0.377 e. The molecule has 1 saturated heterocycles. The van der Waals surface area contributed by atoms with E-state index < -0.39 is 0 Å². The summed E-state index contributed by atoms with van der Waals surface area (Å²) in [6.07, 6.45) is 8.70. The van der Waals surface area contributed by atoms with Crippen molar-refractivity contribution in [3.63, 3.8) is 0 Å². The van der Waals surface area contributed by atoms with E-state index in [4.69, 9.17) is 4.74 Å². The minimum atomic E-state index is 0.401. The van der Waals surface area contributed by atoms with E-state index in [0.717, 1.165) is 13.0 Å². The molecule has 0 spiro atoms. The van der Waals surface area contributed by atoms with Crippen molar-refractivity contribution in [1.29, 1.82) is 0 Å². The number of benzene rings is 1. The Morgan fingerprint density at radius 3 is 2.74 bits per heavy atom. The first-order valence-electron chi connectivity index (χ1n) is 7.63. The topological polar surface area (TPSA) is 9.23 Å². The Morgan fingerprint density at radius 1 is 1.26 bits per heavy atom. The molecule has 1 aliphatic heterocycles. The normalized spacial score (nSPS) is 26.5. The summed E-state index contributed by atoms with van der Waals surface area (Å²) >= 11 is 0. The fraction of sp³-hybridized carbons (Fsp3) is 0.556. The van der Waals surface area contributed by atoms with Crippen molar-refractivity contribution >= 4 is 0 Å². The third kappa shape index (κ3) is 3.94. The molecule has 0 bridgehead atoms. The van der Waals surface area contributed by atoms with Crippen LogP contribution in [0.3, 0.4) is 0 Å². The molecule has 0 N–H and O–H groups in total. The van der Waals surface area contributed by atoms with E-state index in [9.17, 15) is 0 Å². The van der Waals surface area contributed by atoms with E-state index in [1.807, 2.05) is 0 Å². The molecule has 1 aliphatic rings. The molecule has 0 aliphatic carbocycles. The zero-order valence-corrected chi connectivity index (χ0v) is 12.1. The van der Waals surface area contributed by atoms with E-state index in [1.165, 1.54) is 31.2 Å². The molecule has 1 fully saturated rings. The molecule has 2 rings (SSSR count). The van der Waals surface area contributed by atoms with Gasteiger partial charge in [0.15, 0.2) is 0 Å². The Labute approximate surface area is 117 Å². The standard InChI is InChI=1S/C18H26O/c1-3-5-7-12-18-17(4-2)16(14-19-18)13-15-10-8-6-9-11-15/h4,6,8-11,16-18H,2-3,5,7,12-14H2,1H3/t16-,17+,18-/m1/s1. The first-order valence-corrected chi connectivity index (χ1v) is 7.63. The van der Waals surface area contributed by atoms with E-state index in [1.54, 1.807) is 0 Å². The van der Waals surface area contributed by atoms with Crippen LogP contribution in [0.15, 0.2) is 43.0 Å². The van der Waals surface area contributed by atoms with Gasteiger partial charge >= 0.3 is 0 Å². The van der Waals surface area contributed by atoms with Crippen LogP contribution in [0, 0.1) is 11.8 Å². The van der Waals surface area contributed by atoms with Crippen molar-refractivity contribution in [3.05, 3.63) is 48.6 Å². The van der Waals surface area contributed by atoms with Crippen LogP contribution in [-0.4, -0.2) is 12.7 Å². The van der Waals surface area contributed by atoms with Gasteiger partial charge in [-0.05, 0) is 24.3 Å². The number of hydrogen-bond donors (Lipinski definition) is 0. The summed E-state index contributed by atoms with van der Waals surface area (Å²) in [7, 11) is 0. The Hall–Kier alpha value is -1.08. The zero-order valence-electron chi connectivity index (χ0n) is 12.1. The minimum absolute atomic E-state index is 0.401. The maximum absolute atomic E-state index is 6.02. The molecule has 19 heavy (non-hydrogen) atoms. The van der Waals surface area contributed by atoms with Crippen LogP contribution in [0.4, 0.5) is 0 Å². The third-order valence-electron chi connectivity index (χ3n) is 4.20. The van der Waals surface area contributed by atoms with Gasteiger partial charge in [0, 0.05) is 5.92 Å². The van der Waals surface area contributed by atoms with Gasteiger partial charge in [-0.2, -0.15) is 0 Å². The molecule has 1 nitrogen and oxygen atoms in total. The second-order valence-corrected chi connectivity index (χ2v) is 5.63. The molecule has 0 unspecified atom stereocenters. The second kappa shape index (κ2) is 7.49.